The van der Waals surface area contributed by atoms with E-state index in [0.717, 1.165) is 29.3 Å². The molecule has 1 saturated heterocycles. The molecule has 0 aromatic heterocycles. The van der Waals surface area contributed by atoms with E-state index in [4.69, 9.17) is 0 Å². The third-order valence-electron chi connectivity index (χ3n) is 6.37. The van der Waals surface area contributed by atoms with Crippen LogP contribution in [0.25, 0.3) is 0 Å². The first-order valence-corrected chi connectivity index (χ1v) is 11.4. The Morgan fingerprint density at radius 2 is 1.79 bits per heavy atom. The number of benzene rings is 1. The van der Waals surface area contributed by atoms with Gasteiger partial charge in [-0.3, -0.25) is 4.79 Å². The van der Waals surface area contributed by atoms with Crippen LogP contribution in [0.4, 0.5) is 8.78 Å². The molecule has 1 aromatic rings. The van der Waals surface area contributed by atoms with E-state index in [1.54, 1.807) is 0 Å². The molecular formula is C20H28F2N2O3S. The van der Waals surface area contributed by atoms with Crippen LogP contribution < -0.4 is 5.32 Å². The lowest BCUT2D eigenvalue weighted by atomic mass is 9.78. The maximum absolute atomic E-state index is 13.9. The van der Waals surface area contributed by atoms with Gasteiger partial charge in [0.15, 0.2) is 0 Å². The molecule has 1 aromatic carbocycles. The van der Waals surface area contributed by atoms with Crippen LogP contribution in [0.5, 0.6) is 0 Å². The Labute approximate surface area is 165 Å². The zero-order chi connectivity index (χ0) is 20.5. The Bertz CT molecular complexity index is 823. The van der Waals surface area contributed by atoms with Crippen molar-refractivity contribution in [2.45, 2.75) is 56.9 Å². The second kappa shape index (κ2) is 8.45. The largest absolute Gasteiger partial charge is 0.353 e. The molecule has 1 aliphatic carbocycles. The Hall–Kier alpha value is -1.54. The number of sulfonamides is 1. The van der Waals surface area contributed by atoms with Gasteiger partial charge in [-0.05, 0) is 49.3 Å². The Morgan fingerprint density at radius 3 is 2.46 bits per heavy atom. The van der Waals surface area contributed by atoms with Crippen molar-refractivity contribution >= 4 is 15.9 Å². The third kappa shape index (κ3) is 4.38. The highest BCUT2D eigenvalue weighted by atomic mass is 32.2. The molecule has 1 amide bonds. The molecule has 0 spiro atoms. The van der Waals surface area contributed by atoms with Gasteiger partial charge in [0.05, 0.1) is 0 Å². The summed E-state index contributed by atoms with van der Waals surface area (Å²) in [6.07, 6.45) is 4.01. The maximum atomic E-state index is 13.9. The van der Waals surface area contributed by atoms with Gasteiger partial charge in [0.2, 0.25) is 15.9 Å². The summed E-state index contributed by atoms with van der Waals surface area (Å²) in [5, 5.41) is 3.15. The molecule has 2 aliphatic rings. The van der Waals surface area contributed by atoms with Crippen LogP contribution in [-0.2, 0) is 14.8 Å². The molecule has 1 N–H and O–H groups in total. The predicted octanol–water partition coefficient (Wildman–Crippen LogP) is 3.31. The lowest BCUT2D eigenvalue weighted by molar-refractivity contribution is -0.127. The van der Waals surface area contributed by atoms with Crippen molar-refractivity contribution in [3.05, 3.63) is 29.8 Å². The van der Waals surface area contributed by atoms with E-state index in [1.165, 1.54) is 6.42 Å². The summed E-state index contributed by atoms with van der Waals surface area (Å²) in [6, 6.07) is 2.57. The number of rotatable bonds is 4. The van der Waals surface area contributed by atoms with Crippen molar-refractivity contribution in [2.24, 2.45) is 17.8 Å². The van der Waals surface area contributed by atoms with Crippen molar-refractivity contribution in [3.8, 4) is 0 Å². The topological polar surface area (TPSA) is 66.5 Å². The normalized spacial score (nSPS) is 27.5. The Morgan fingerprint density at radius 1 is 1.11 bits per heavy atom. The van der Waals surface area contributed by atoms with E-state index < -0.39 is 26.6 Å². The predicted molar refractivity (Wildman–Crippen MR) is 102 cm³/mol. The molecule has 0 bridgehead atoms. The van der Waals surface area contributed by atoms with E-state index >= 15 is 0 Å². The van der Waals surface area contributed by atoms with E-state index in [1.807, 2.05) is 0 Å². The molecule has 0 unspecified atom stereocenters. The van der Waals surface area contributed by atoms with Gasteiger partial charge in [-0.1, -0.05) is 26.7 Å². The van der Waals surface area contributed by atoms with Crippen molar-refractivity contribution in [1.82, 2.24) is 9.62 Å². The monoisotopic (exact) mass is 414 g/mol. The summed E-state index contributed by atoms with van der Waals surface area (Å²) in [6.45, 7) is 4.61. The third-order valence-corrected chi connectivity index (χ3v) is 8.28. The number of nitrogens with zero attached hydrogens (tertiary/aromatic N) is 1. The van der Waals surface area contributed by atoms with Crippen molar-refractivity contribution in [1.29, 1.82) is 0 Å². The number of nitrogens with one attached hydrogen (secondary N) is 1. The van der Waals surface area contributed by atoms with Gasteiger partial charge >= 0.3 is 0 Å². The molecule has 0 radical (unpaired) electrons. The van der Waals surface area contributed by atoms with Crippen LogP contribution in [0.2, 0.25) is 0 Å². The van der Waals surface area contributed by atoms with Gasteiger partial charge in [-0.25, -0.2) is 17.2 Å². The molecule has 2 fully saturated rings. The minimum atomic E-state index is -4.12. The Balaban J connectivity index is 1.61. The summed E-state index contributed by atoms with van der Waals surface area (Å²) < 4.78 is 53.8. The van der Waals surface area contributed by atoms with E-state index in [0.29, 0.717) is 30.7 Å². The van der Waals surface area contributed by atoms with E-state index in [2.05, 4.69) is 19.2 Å². The summed E-state index contributed by atoms with van der Waals surface area (Å²) in [5.74, 6) is -1.05. The minimum absolute atomic E-state index is 0.0278. The number of hydrogen-bond acceptors (Lipinski definition) is 3. The van der Waals surface area contributed by atoms with E-state index in [9.17, 15) is 22.0 Å². The first kappa shape index (κ1) is 21.2. The molecule has 3 rings (SSSR count). The van der Waals surface area contributed by atoms with Crippen molar-refractivity contribution < 1.29 is 22.0 Å². The molecular weight excluding hydrogens is 386 g/mol. The maximum Gasteiger partial charge on any atom is 0.246 e. The molecule has 156 valence electrons. The van der Waals surface area contributed by atoms with Crippen molar-refractivity contribution in [2.75, 3.05) is 13.1 Å². The summed E-state index contributed by atoms with van der Waals surface area (Å²) in [4.78, 5) is 12.0. The summed E-state index contributed by atoms with van der Waals surface area (Å²) in [5.41, 5.74) is 0. The molecule has 8 heteroatoms. The highest BCUT2D eigenvalue weighted by molar-refractivity contribution is 7.89. The first-order chi connectivity index (χ1) is 13.2. The molecule has 1 saturated carbocycles. The fourth-order valence-corrected chi connectivity index (χ4v) is 5.80. The SMILES string of the molecule is C[C@H]1[C@H](C)CCC[C@H]1NC(=O)C1CCN(S(=O)(=O)c2cc(F)ccc2F)CC1. The number of amides is 1. The second-order valence-electron chi connectivity index (χ2n) is 8.14. The smallest absolute Gasteiger partial charge is 0.246 e. The highest BCUT2D eigenvalue weighted by Crippen LogP contribution is 2.31. The summed E-state index contributed by atoms with van der Waals surface area (Å²) in [7, 11) is -4.12. The second-order valence-corrected chi connectivity index (χ2v) is 10.0. The lowest BCUT2D eigenvalue weighted by Crippen LogP contribution is -2.48. The standard InChI is InChI=1S/C20H28F2N2O3S/c1-13-4-3-5-18(14(13)2)23-20(25)15-8-10-24(11-9-15)28(26,27)19-12-16(21)6-7-17(19)22/h6-7,12-15,18H,3-5,8-11H2,1-2H3,(H,23,25)/t13-,14+,18-/m1/s1. The lowest BCUT2D eigenvalue weighted by Gasteiger charge is -2.36. The van der Waals surface area contributed by atoms with Crippen LogP contribution >= 0.6 is 0 Å². The van der Waals surface area contributed by atoms with Crippen molar-refractivity contribution in [3.63, 3.8) is 0 Å². The van der Waals surface area contributed by atoms with Gasteiger partial charge < -0.3 is 5.32 Å². The number of hydrogen-bond donors (Lipinski definition) is 1. The zero-order valence-corrected chi connectivity index (χ0v) is 17.1. The zero-order valence-electron chi connectivity index (χ0n) is 16.3. The average molecular weight is 415 g/mol. The minimum Gasteiger partial charge on any atom is -0.353 e. The Kier molecular flexibility index (Phi) is 6.39. The number of carbonyl (C=O) groups excluding carboxylic acids is 1. The number of piperidine rings is 1. The van der Waals surface area contributed by atoms with Crippen LogP contribution in [0.3, 0.4) is 0 Å². The van der Waals surface area contributed by atoms with Gasteiger partial charge in [-0.2, -0.15) is 4.31 Å². The molecule has 3 atom stereocenters. The fourth-order valence-electron chi connectivity index (χ4n) is 4.26. The van der Waals surface area contributed by atoms with Crippen LogP contribution in [-0.4, -0.2) is 37.8 Å². The quantitative estimate of drug-likeness (QED) is 0.822. The summed E-state index contributed by atoms with van der Waals surface area (Å²) >= 11 is 0. The van der Waals surface area contributed by atoms with Crippen LogP contribution in [0, 0.1) is 29.4 Å². The van der Waals surface area contributed by atoms with E-state index in [-0.39, 0.29) is 31.0 Å². The molecule has 1 aliphatic heterocycles. The average Bonchev–Trinajstić information content (AvgIpc) is 2.67. The fraction of sp³-hybridized carbons (Fsp3) is 0.650. The van der Waals surface area contributed by atoms with Gasteiger partial charge in [0.25, 0.3) is 0 Å². The van der Waals surface area contributed by atoms with Crippen LogP contribution in [0.1, 0.15) is 46.0 Å². The number of halogens is 2. The van der Waals surface area contributed by atoms with Gasteiger partial charge in [-0.15, -0.1) is 0 Å². The van der Waals surface area contributed by atoms with Crippen LogP contribution in [0.15, 0.2) is 23.1 Å². The number of carbonyl (C=O) groups is 1. The first-order valence-electron chi connectivity index (χ1n) is 9.95. The van der Waals surface area contributed by atoms with Gasteiger partial charge in [0, 0.05) is 25.0 Å². The molecule has 1 heterocycles. The van der Waals surface area contributed by atoms with Gasteiger partial charge in [0.1, 0.15) is 16.5 Å². The highest BCUT2D eigenvalue weighted by Gasteiger charge is 2.35. The molecule has 5 nitrogen and oxygen atoms in total. The molecule has 28 heavy (non-hydrogen) atoms.